The van der Waals surface area contributed by atoms with Gasteiger partial charge < -0.3 is 14.8 Å². The maximum Gasteiger partial charge on any atom is 0.449 e. The molecule has 0 atom stereocenters. The van der Waals surface area contributed by atoms with E-state index >= 15 is 0 Å². The lowest BCUT2D eigenvalue weighted by atomic mass is 10.1. The van der Waals surface area contributed by atoms with Gasteiger partial charge in [0.2, 0.25) is 17.6 Å². The molecule has 0 saturated carbocycles. The number of aryl methyl sites for hydroxylation is 2. The van der Waals surface area contributed by atoms with Crippen LogP contribution in [-0.2, 0) is 22.3 Å². The summed E-state index contributed by atoms with van der Waals surface area (Å²) in [5.41, 5.74) is 3.23. The third-order valence-corrected chi connectivity index (χ3v) is 6.04. The van der Waals surface area contributed by atoms with Gasteiger partial charge in [0, 0.05) is 31.9 Å². The van der Waals surface area contributed by atoms with Crippen molar-refractivity contribution >= 4 is 28.5 Å². The van der Waals surface area contributed by atoms with Gasteiger partial charge in [-0.1, -0.05) is 30.3 Å². The summed E-state index contributed by atoms with van der Waals surface area (Å²) < 4.78 is 41.4. The molecular weight excluding hydrogens is 447 g/mol. The molecular formula is C24H26F3N5O2. The fourth-order valence-electron chi connectivity index (χ4n) is 4.24. The summed E-state index contributed by atoms with van der Waals surface area (Å²) in [6.45, 7) is 5.20. The first-order valence-corrected chi connectivity index (χ1v) is 11.0. The van der Waals surface area contributed by atoms with E-state index < -0.39 is 24.5 Å². The SMILES string of the molecule is Cc1cccc(C)c1NC(=O)CN1CCN(C(=O)Cn2c(C(F)(F)F)nc3ccccc32)CC1. The predicted octanol–water partition coefficient (Wildman–Crippen LogP) is 3.45. The Morgan fingerprint density at radius 3 is 2.24 bits per heavy atom. The van der Waals surface area contributed by atoms with Crippen LogP contribution < -0.4 is 5.32 Å². The van der Waals surface area contributed by atoms with Gasteiger partial charge in [-0.05, 0) is 37.1 Å². The summed E-state index contributed by atoms with van der Waals surface area (Å²) in [6.07, 6.45) is -4.67. The molecule has 1 aromatic heterocycles. The van der Waals surface area contributed by atoms with E-state index in [4.69, 9.17) is 0 Å². The summed E-state index contributed by atoms with van der Waals surface area (Å²) in [4.78, 5) is 32.5. The zero-order valence-corrected chi connectivity index (χ0v) is 19.0. The van der Waals surface area contributed by atoms with E-state index in [0.29, 0.717) is 26.2 Å². The summed E-state index contributed by atoms with van der Waals surface area (Å²) in [6, 6.07) is 12.0. The highest BCUT2D eigenvalue weighted by molar-refractivity contribution is 5.93. The van der Waals surface area contributed by atoms with Gasteiger partial charge in [-0.15, -0.1) is 0 Å². The molecule has 34 heavy (non-hydrogen) atoms. The first-order chi connectivity index (χ1) is 16.1. The number of nitrogens with one attached hydrogen (secondary N) is 1. The third kappa shape index (κ3) is 5.06. The van der Waals surface area contributed by atoms with Crippen LogP contribution in [0, 0.1) is 13.8 Å². The van der Waals surface area contributed by atoms with Gasteiger partial charge in [0.25, 0.3) is 0 Å². The number of nitrogens with zero attached hydrogens (tertiary/aromatic N) is 4. The van der Waals surface area contributed by atoms with Crippen molar-refractivity contribution < 1.29 is 22.8 Å². The Kier molecular flexibility index (Phi) is 6.60. The van der Waals surface area contributed by atoms with Gasteiger partial charge in [-0.3, -0.25) is 14.5 Å². The Balaban J connectivity index is 1.36. The van der Waals surface area contributed by atoms with E-state index in [2.05, 4.69) is 10.3 Å². The highest BCUT2D eigenvalue weighted by Gasteiger charge is 2.38. The van der Waals surface area contributed by atoms with Crippen LogP contribution in [0.1, 0.15) is 17.0 Å². The molecule has 180 valence electrons. The van der Waals surface area contributed by atoms with Crippen molar-refractivity contribution in [3.8, 4) is 0 Å². The number of amides is 2. The number of halogens is 3. The summed E-state index contributed by atoms with van der Waals surface area (Å²) >= 11 is 0. The van der Waals surface area contributed by atoms with Gasteiger partial charge in [-0.25, -0.2) is 4.98 Å². The number of piperazine rings is 1. The molecule has 3 aromatic rings. The van der Waals surface area contributed by atoms with E-state index in [0.717, 1.165) is 21.4 Å². The average Bonchev–Trinajstić information content (AvgIpc) is 3.16. The second kappa shape index (κ2) is 9.46. The molecule has 2 aromatic carbocycles. The van der Waals surface area contributed by atoms with E-state index in [1.165, 1.54) is 17.0 Å². The molecule has 0 unspecified atom stereocenters. The van der Waals surface area contributed by atoms with E-state index in [1.54, 1.807) is 12.1 Å². The van der Waals surface area contributed by atoms with Gasteiger partial charge in [-0.2, -0.15) is 13.2 Å². The highest BCUT2D eigenvalue weighted by Crippen LogP contribution is 2.31. The molecule has 1 aliphatic rings. The number of alkyl halides is 3. The maximum absolute atomic E-state index is 13.5. The van der Waals surface area contributed by atoms with Gasteiger partial charge in [0.1, 0.15) is 6.54 Å². The van der Waals surface area contributed by atoms with Crippen LogP contribution in [0.2, 0.25) is 0 Å². The monoisotopic (exact) mass is 473 g/mol. The topological polar surface area (TPSA) is 70.5 Å². The van der Waals surface area contributed by atoms with Crippen LogP contribution in [0.15, 0.2) is 42.5 Å². The Morgan fingerprint density at radius 2 is 1.59 bits per heavy atom. The third-order valence-electron chi connectivity index (χ3n) is 6.04. The smallest absolute Gasteiger partial charge is 0.339 e. The lowest BCUT2D eigenvalue weighted by molar-refractivity contribution is -0.148. The normalized spacial score (nSPS) is 15.0. The molecule has 4 rings (SSSR count). The maximum atomic E-state index is 13.5. The molecule has 2 amide bonds. The van der Waals surface area contributed by atoms with Crippen molar-refractivity contribution in [2.24, 2.45) is 0 Å². The number of anilines is 1. The number of imidazole rings is 1. The number of rotatable bonds is 5. The molecule has 0 aliphatic carbocycles. The van der Waals surface area contributed by atoms with E-state index in [-0.39, 0.29) is 23.5 Å². The van der Waals surface area contributed by atoms with Gasteiger partial charge in [0.15, 0.2) is 0 Å². The molecule has 2 heterocycles. The van der Waals surface area contributed by atoms with Crippen molar-refractivity contribution in [1.82, 2.24) is 19.4 Å². The van der Waals surface area contributed by atoms with Crippen LogP contribution in [0.3, 0.4) is 0 Å². The molecule has 0 spiro atoms. The van der Waals surface area contributed by atoms with E-state index in [1.807, 2.05) is 36.9 Å². The zero-order valence-electron chi connectivity index (χ0n) is 19.0. The van der Waals surface area contributed by atoms with Crippen molar-refractivity contribution in [3.05, 3.63) is 59.4 Å². The largest absolute Gasteiger partial charge is 0.449 e. The molecule has 7 nitrogen and oxygen atoms in total. The van der Waals surface area contributed by atoms with Crippen molar-refractivity contribution in [1.29, 1.82) is 0 Å². The van der Waals surface area contributed by atoms with Crippen molar-refractivity contribution in [3.63, 3.8) is 0 Å². The molecule has 1 saturated heterocycles. The number of aromatic nitrogens is 2. The lowest BCUT2D eigenvalue weighted by Crippen LogP contribution is -2.51. The van der Waals surface area contributed by atoms with Gasteiger partial charge in [0.05, 0.1) is 17.6 Å². The van der Waals surface area contributed by atoms with Crippen LogP contribution >= 0.6 is 0 Å². The number of hydrogen-bond donors (Lipinski definition) is 1. The van der Waals surface area contributed by atoms with E-state index in [9.17, 15) is 22.8 Å². The van der Waals surface area contributed by atoms with Gasteiger partial charge >= 0.3 is 6.18 Å². The minimum atomic E-state index is -4.67. The summed E-state index contributed by atoms with van der Waals surface area (Å²) in [7, 11) is 0. The second-order valence-electron chi connectivity index (χ2n) is 8.48. The average molecular weight is 473 g/mol. The summed E-state index contributed by atoms with van der Waals surface area (Å²) in [5.74, 6) is -1.63. The number of carbonyl (C=O) groups excluding carboxylic acids is 2. The predicted molar refractivity (Wildman–Crippen MR) is 122 cm³/mol. The Labute approximate surface area is 195 Å². The highest BCUT2D eigenvalue weighted by atomic mass is 19.4. The van der Waals surface area contributed by atoms with Crippen LogP contribution in [0.25, 0.3) is 11.0 Å². The lowest BCUT2D eigenvalue weighted by Gasteiger charge is -2.34. The van der Waals surface area contributed by atoms with Crippen molar-refractivity contribution in [2.45, 2.75) is 26.6 Å². The molecule has 0 radical (unpaired) electrons. The summed E-state index contributed by atoms with van der Waals surface area (Å²) in [5, 5.41) is 2.95. The Hall–Kier alpha value is -3.40. The second-order valence-corrected chi connectivity index (χ2v) is 8.48. The van der Waals surface area contributed by atoms with Crippen LogP contribution in [0.5, 0.6) is 0 Å². The number of hydrogen-bond acceptors (Lipinski definition) is 4. The Bertz CT molecular complexity index is 1190. The minimum Gasteiger partial charge on any atom is -0.339 e. The molecule has 1 N–H and O–H groups in total. The van der Waals surface area contributed by atoms with Crippen molar-refractivity contribution in [2.75, 3.05) is 38.0 Å². The first-order valence-electron chi connectivity index (χ1n) is 11.0. The van der Waals surface area contributed by atoms with Crippen LogP contribution in [-0.4, -0.2) is 63.9 Å². The molecule has 0 bridgehead atoms. The fraction of sp³-hybridized carbons (Fsp3) is 0.375. The quantitative estimate of drug-likeness (QED) is 0.616. The number of fused-ring (bicyclic) bond motifs is 1. The van der Waals surface area contributed by atoms with Crippen LogP contribution in [0.4, 0.5) is 18.9 Å². The number of benzene rings is 2. The standard InChI is InChI=1S/C24H26F3N5O2/c1-16-6-5-7-17(2)22(16)29-20(33)14-30-10-12-31(13-11-30)21(34)15-32-19-9-4-3-8-18(19)28-23(32)24(25,26)27/h3-9H,10-15H2,1-2H3,(H,29,33). The molecule has 1 fully saturated rings. The first kappa shape index (κ1) is 23.7. The molecule has 1 aliphatic heterocycles. The molecule has 10 heteroatoms. The number of carbonyl (C=O) groups is 2. The fourth-order valence-corrected chi connectivity index (χ4v) is 4.24. The minimum absolute atomic E-state index is 0.142. The zero-order chi connectivity index (χ0) is 24.5. The Morgan fingerprint density at radius 1 is 0.941 bits per heavy atom. The number of para-hydroxylation sites is 3.